The average Bonchev–Trinajstić information content (AvgIpc) is 2.66. The molecule has 0 N–H and O–H groups in total. The van der Waals surface area contributed by atoms with Crippen LogP contribution in [0.2, 0.25) is 5.02 Å². The SMILES string of the molecule is CCOCCSC(=O)Cc1cc(Oc2ccc(C(F)(F)F)cc2Cl)ccc1[N+](=O)[O-]. The second-order valence-electron chi connectivity index (χ2n) is 5.89. The third kappa shape index (κ3) is 6.89. The van der Waals surface area contributed by atoms with Crippen LogP contribution in [0.15, 0.2) is 36.4 Å². The lowest BCUT2D eigenvalue weighted by Gasteiger charge is -2.12. The summed E-state index contributed by atoms with van der Waals surface area (Å²) in [6.45, 7) is 2.72. The van der Waals surface area contributed by atoms with Crippen LogP contribution >= 0.6 is 23.4 Å². The van der Waals surface area contributed by atoms with E-state index in [0.29, 0.717) is 19.0 Å². The molecule has 0 saturated carbocycles. The molecule has 6 nitrogen and oxygen atoms in total. The van der Waals surface area contributed by atoms with Gasteiger partial charge in [0.15, 0.2) is 5.12 Å². The van der Waals surface area contributed by atoms with Crippen molar-refractivity contribution in [3.8, 4) is 11.5 Å². The number of halogens is 4. The first kappa shape index (κ1) is 24.0. The van der Waals surface area contributed by atoms with Gasteiger partial charge in [-0.1, -0.05) is 23.4 Å². The fraction of sp³-hybridized carbons (Fsp3) is 0.316. The summed E-state index contributed by atoms with van der Waals surface area (Å²) in [6.07, 6.45) is -4.77. The van der Waals surface area contributed by atoms with Gasteiger partial charge in [-0.25, -0.2) is 0 Å². The molecular weight excluding hydrogens is 447 g/mol. The highest BCUT2D eigenvalue weighted by Gasteiger charge is 2.31. The minimum absolute atomic E-state index is 0.0538. The fourth-order valence-electron chi connectivity index (χ4n) is 2.40. The molecule has 0 amide bonds. The van der Waals surface area contributed by atoms with Crippen molar-refractivity contribution < 1.29 is 32.4 Å². The molecule has 0 aliphatic carbocycles. The van der Waals surface area contributed by atoms with Gasteiger partial charge in [0.1, 0.15) is 11.5 Å². The molecule has 30 heavy (non-hydrogen) atoms. The maximum absolute atomic E-state index is 12.7. The van der Waals surface area contributed by atoms with Crippen LogP contribution in [0, 0.1) is 10.1 Å². The number of benzene rings is 2. The Hall–Kier alpha value is -2.30. The first-order chi connectivity index (χ1) is 14.1. The van der Waals surface area contributed by atoms with Crippen LogP contribution in [0.1, 0.15) is 18.1 Å². The van der Waals surface area contributed by atoms with Crippen LogP contribution in [-0.2, 0) is 22.1 Å². The summed E-state index contributed by atoms with van der Waals surface area (Å²) in [4.78, 5) is 22.8. The Balaban J connectivity index is 2.19. The second-order valence-corrected chi connectivity index (χ2v) is 7.45. The Morgan fingerprint density at radius 2 is 1.97 bits per heavy atom. The van der Waals surface area contributed by atoms with Crippen LogP contribution in [-0.4, -0.2) is 29.0 Å². The molecule has 0 saturated heterocycles. The lowest BCUT2D eigenvalue weighted by molar-refractivity contribution is -0.385. The number of nitro benzene ring substituents is 1. The Bertz CT molecular complexity index is 924. The van der Waals surface area contributed by atoms with E-state index in [2.05, 4.69) is 0 Å². The molecule has 162 valence electrons. The molecule has 2 aromatic rings. The summed E-state index contributed by atoms with van der Waals surface area (Å²) >= 11 is 6.86. The molecular formula is C19H17ClF3NO5S. The van der Waals surface area contributed by atoms with Crippen molar-refractivity contribution in [3.05, 3.63) is 62.7 Å². The Labute approximate surface area is 179 Å². The minimum atomic E-state index is -4.55. The lowest BCUT2D eigenvalue weighted by atomic mass is 10.1. The van der Waals surface area contributed by atoms with E-state index in [1.54, 1.807) is 0 Å². The van der Waals surface area contributed by atoms with Gasteiger partial charge in [0.25, 0.3) is 5.69 Å². The number of carbonyl (C=O) groups excluding carboxylic acids is 1. The zero-order valence-corrected chi connectivity index (χ0v) is 17.3. The van der Waals surface area contributed by atoms with Crippen LogP contribution in [0.4, 0.5) is 18.9 Å². The topological polar surface area (TPSA) is 78.7 Å². The van der Waals surface area contributed by atoms with Gasteiger partial charge >= 0.3 is 6.18 Å². The number of nitrogens with zero attached hydrogens (tertiary/aromatic N) is 1. The average molecular weight is 464 g/mol. The molecule has 2 aromatic carbocycles. The normalized spacial score (nSPS) is 11.4. The maximum Gasteiger partial charge on any atom is 0.416 e. The predicted octanol–water partition coefficient (Wildman–Crippen LogP) is 5.90. The van der Waals surface area contributed by atoms with Crippen molar-refractivity contribution in [1.82, 2.24) is 0 Å². The number of hydrogen-bond donors (Lipinski definition) is 0. The van der Waals surface area contributed by atoms with Crippen molar-refractivity contribution >= 4 is 34.2 Å². The van der Waals surface area contributed by atoms with E-state index in [4.69, 9.17) is 21.1 Å². The molecule has 0 bridgehead atoms. The Kier molecular flexibility index (Phi) is 8.51. The number of nitro groups is 1. The van der Waals surface area contributed by atoms with Gasteiger partial charge in [-0.2, -0.15) is 13.2 Å². The molecule has 0 atom stereocenters. The molecule has 0 spiro atoms. The Morgan fingerprint density at radius 3 is 2.57 bits per heavy atom. The van der Waals surface area contributed by atoms with Crippen molar-refractivity contribution in [2.75, 3.05) is 19.0 Å². The highest BCUT2D eigenvalue weighted by atomic mass is 35.5. The summed E-state index contributed by atoms with van der Waals surface area (Å²) in [5.41, 5.74) is -1.08. The first-order valence-electron chi connectivity index (χ1n) is 8.67. The number of alkyl halides is 3. The molecule has 0 unspecified atom stereocenters. The molecule has 0 fully saturated rings. The predicted molar refractivity (Wildman–Crippen MR) is 107 cm³/mol. The van der Waals surface area contributed by atoms with Crippen LogP contribution in [0.25, 0.3) is 0 Å². The zero-order chi connectivity index (χ0) is 22.3. The van der Waals surface area contributed by atoms with Crippen molar-refractivity contribution in [1.29, 1.82) is 0 Å². The summed E-state index contributed by atoms with van der Waals surface area (Å²) in [5, 5.41) is 10.7. The maximum atomic E-state index is 12.7. The van der Waals surface area contributed by atoms with Gasteiger partial charge in [0, 0.05) is 30.4 Å². The van der Waals surface area contributed by atoms with E-state index >= 15 is 0 Å². The Morgan fingerprint density at radius 1 is 1.23 bits per heavy atom. The molecule has 2 rings (SSSR count). The van der Waals surface area contributed by atoms with Gasteiger partial charge in [-0.05, 0) is 37.3 Å². The number of rotatable bonds is 9. The third-order valence-corrected chi connectivity index (χ3v) is 4.90. The van der Waals surface area contributed by atoms with Crippen LogP contribution in [0.5, 0.6) is 11.5 Å². The number of hydrogen-bond acceptors (Lipinski definition) is 6. The molecule has 0 aliphatic rings. The zero-order valence-electron chi connectivity index (χ0n) is 15.7. The van der Waals surface area contributed by atoms with Gasteiger partial charge in [-0.3, -0.25) is 14.9 Å². The number of carbonyl (C=O) groups is 1. The van der Waals surface area contributed by atoms with Gasteiger partial charge in [0.2, 0.25) is 0 Å². The van der Waals surface area contributed by atoms with Crippen molar-refractivity contribution in [3.63, 3.8) is 0 Å². The quantitative estimate of drug-likeness (QED) is 0.262. The summed E-state index contributed by atoms with van der Waals surface area (Å²) < 4.78 is 48.9. The highest BCUT2D eigenvalue weighted by Crippen LogP contribution is 2.37. The third-order valence-electron chi connectivity index (χ3n) is 3.76. The summed E-state index contributed by atoms with van der Waals surface area (Å²) in [7, 11) is 0. The summed E-state index contributed by atoms with van der Waals surface area (Å²) in [5.74, 6) is 0.462. The van der Waals surface area contributed by atoms with Crippen LogP contribution < -0.4 is 4.74 Å². The number of ether oxygens (including phenoxy) is 2. The monoisotopic (exact) mass is 463 g/mol. The van der Waals surface area contributed by atoms with E-state index in [9.17, 15) is 28.1 Å². The van der Waals surface area contributed by atoms with Crippen molar-refractivity contribution in [2.24, 2.45) is 0 Å². The number of thioether (sulfide) groups is 1. The molecule has 0 aromatic heterocycles. The smallest absolute Gasteiger partial charge is 0.416 e. The first-order valence-corrected chi connectivity index (χ1v) is 10.0. The van der Waals surface area contributed by atoms with Crippen molar-refractivity contribution in [2.45, 2.75) is 19.5 Å². The van der Waals surface area contributed by atoms with E-state index in [1.807, 2.05) is 6.92 Å². The van der Waals surface area contributed by atoms with Crippen LogP contribution in [0.3, 0.4) is 0 Å². The standard InChI is InChI=1S/C19H17ClF3NO5S/c1-2-28-7-8-30-18(25)10-12-9-14(4-5-16(12)24(26)27)29-17-6-3-13(11-15(17)20)19(21,22)23/h3-6,9,11H,2,7-8,10H2,1H3. The highest BCUT2D eigenvalue weighted by molar-refractivity contribution is 8.13. The molecule has 0 heterocycles. The lowest BCUT2D eigenvalue weighted by Crippen LogP contribution is -2.05. The molecule has 0 aliphatic heterocycles. The van der Waals surface area contributed by atoms with E-state index in [0.717, 1.165) is 30.0 Å². The van der Waals surface area contributed by atoms with E-state index < -0.39 is 16.7 Å². The fourth-order valence-corrected chi connectivity index (χ4v) is 3.30. The second kappa shape index (κ2) is 10.6. The van der Waals surface area contributed by atoms with Gasteiger partial charge in [-0.15, -0.1) is 0 Å². The minimum Gasteiger partial charge on any atom is -0.456 e. The molecule has 11 heteroatoms. The van der Waals surface area contributed by atoms with E-state index in [-0.39, 0.29) is 39.3 Å². The van der Waals surface area contributed by atoms with Gasteiger partial charge < -0.3 is 9.47 Å². The molecule has 0 radical (unpaired) electrons. The largest absolute Gasteiger partial charge is 0.456 e. The summed E-state index contributed by atoms with van der Waals surface area (Å²) in [6, 6.07) is 6.34. The van der Waals surface area contributed by atoms with Gasteiger partial charge in [0.05, 0.1) is 22.1 Å². The van der Waals surface area contributed by atoms with E-state index in [1.165, 1.54) is 18.2 Å².